The number of aromatic amines is 1. The van der Waals surface area contributed by atoms with Crippen LogP contribution < -0.4 is 5.32 Å². The average molecular weight is 380 g/mol. The normalized spacial score (nSPS) is 16.5. The van der Waals surface area contributed by atoms with Crippen molar-refractivity contribution in [2.45, 2.75) is 25.3 Å². The van der Waals surface area contributed by atoms with Crippen LogP contribution in [0.5, 0.6) is 0 Å². The van der Waals surface area contributed by atoms with Crippen molar-refractivity contribution >= 4 is 22.7 Å². The van der Waals surface area contributed by atoms with Gasteiger partial charge in [0.15, 0.2) is 5.69 Å². The number of benzene rings is 2. The third-order valence-electron chi connectivity index (χ3n) is 5.12. The first-order valence-electron chi connectivity index (χ1n) is 9.40. The molecule has 144 valence electrons. The minimum Gasteiger partial charge on any atom is -0.350 e. The van der Waals surface area contributed by atoms with Crippen molar-refractivity contribution in [3.8, 4) is 0 Å². The summed E-state index contributed by atoms with van der Waals surface area (Å²) in [7, 11) is 0. The topological polar surface area (TPSA) is 78.1 Å². The van der Waals surface area contributed by atoms with E-state index in [-0.39, 0.29) is 36.6 Å². The second kappa shape index (κ2) is 7.80. The van der Waals surface area contributed by atoms with Gasteiger partial charge in [-0.3, -0.25) is 14.7 Å². The molecule has 6 nitrogen and oxygen atoms in total. The maximum Gasteiger partial charge on any atom is 0.272 e. The summed E-state index contributed by atoms with van der Waals surface area (Å²) in [5.74, 6) is -0.650. The zero-order valence-corrected chi connectivity index (χ0v) is 15.3. The van der Waals surface area contributed by atoms with Crippen molar-refractivity contribution in [1.82, 2.24) is 20.4 Å². The Hall–Kier alpha value is -3.22. The van der Waals surface area contributed by atoms with E-state index in [9.17, 15) is 14.0 Å². The Kier molecular flexibility index (Phi) is 5.06. The lowest BCUT2D eigenvalue weighted by Gasteiger charge is -2.25. The van der Waals surface area contributed by atoms with Gasteiger partial charge in [-0.2, -0.15) is 5.10 Å². The third-order valence-corrected chi connectivity index (χ3v) is 5.12. The van der Waals surface area contributed by atoms with Crippen LogP contribution in [-0.4, -0.2) is 40.0 Å². The number of halogens is 1. The van der Waals surface area contributed by atoms with Gasteiger partial charge in [0.1, 0.15) is 5.82 Å². The molecule has 3 aromatic rings. The van der Waals surface area contributed by atoms with E-state index < -0.39 is 0 Å². The maximum atomic E-state index is 13.5. The van der Waals surface area contributed by atoms with Crippen LogP contribution in [-0.2, 0) is 4.79 Å². The van der Waals surface area contributed by atoms with Crippen LogP contribution >= 0.6 is 0 Å². The van der Waals surface area contributed by atoms with Crippen LogP contribution in [0.25, 0.3) is 10.9 Å². The number of nitrogens with zero attached hydrogens (tertiary/aromatic N) is 2. The highest BCUT2D eigenvalue weighted by atomic mass is 19.1. The van der Waals surface area contributed by atoms with E-state index in [0.717, 1.165) is 29.3 Å². The zero-order valence-electron chi connectivity index (χ0n) is 15.3. The summed E-state index contributed by atoms with van der Waals surface area (Å²) in [5, 5.41) is 10.4. The molecule has 0 saturated carbocycles. The van der Waals surface area contributed by atoms with Crippen LogP contribution in [0.4, 0.5) is 4.39 Å². The third kappa shape index (κ3) is 3.60. The molecule has 1 fully saturated rings. The number of aromatic nitrogens is 2. The summed E-state index contributed by atoms with van der Waals surface area (Å²) < 4.78 is 13.5. The van der Waals surface area contributed by atoms with Crippen LogP contribution in [0.1, 0.15) is 41.4 Å². The van der Waals surface area contributed by atoms with E-state index in [4.69, 9.17) is 0 Å². The Morgan fingerprint density at radius 2 is 2.07 bits per heavy atom. The van der Waals surface area contributed by atoms with Crippen molar-refractivity contribution in [2.24, 2.45) is 0 Å². The predicted octanol–water partition coefficient (Wildman–Crippen LogP) is 3.19. The van der Waals surface area contributed by atoms with Gasteiger partial charge in [0, 0.05) is 24.9 Å². The number of carbonyl (C=O) groups excluding carboxylic acids is 2. The number of amides is 2. The number of hydrogen-bond donors (Lipinski definition) is 2. The molecule has 7 heteroatoms. The maximum absolute atomic E-state index is 13.5. The van der Waals surface area contributed by atoms with Gasteiger partial charge < -0.3 is 10.2 Å². The number of carbonyl (C=O) groups is 2. The number of para-hydroxylation sites is 1. The summed E-state index contributed by atoms with van der Waals surface area (Å²) >= 11 is 0. The molecule has 2 heterocycles. The van der Waals surface area contributed by atoms with Crippen LogP contribution in [0.2, 0.25) is 0 Å². The lowest BCUT2D eigenvalue weighted by Crippen LogP contribution is -2.34. The van der Waals surface area contributed by atoms with Crippen molar-refractivity contribution in [1.29, 1.82) is 0 Å². The summed E-state index contributed by atoms with van der Waals surface area (Å²) in [6.07, 6.45) is 1.90. The number of H-pyrrole nitrogens is 1. The SMILES string of the molecule is O=C(NCCC(=O)N1CCCC1c1cccc(F)c1)c1n[nH]c2ccccc12. The van der Waals surface area contributed by atoms with E-state index in [1.54, 1.807) is 11.0 Å². The fourth-order valence-electron chi connectivity index (χ4n) is 3.77. The smallest absolute Gasteiger partial charge is 0.272 e. The summed E-state index contributed by atoms with van der Waals surface area (Å²) in [6.45, 7) is 0.878. The van der Waals surface area contributed by atoms with Gasteiger partial charge >= 0.3 is 0 Å². The number of nitrogens with one attached hydrogen (secondary N) is 2. The Morgan fingerprint density at radius 3 is 2.93 bits per heavy atom. The Bertz CT molecular complexity index is 1020. The van der Waals surface area contributed by atoms with Crippen molar-refractivity contribution in [2.75, 3.05) is 13.1 Å². The van der Waals surface area contributed by atoms with E-state index >= 15 is 0 Å². The minimum absolute atomic E-state index is 0.0426. The van der Waals surface area contributed by atoms with Crippen LogP contribution in [0, 0.1) is 5.82 Å². The molecule has 0 aliphatic carbocycles. The zero-order chi connectivity index (χ0) is 19.5. The molecule has 1 aliphatic heterocycles. The van der Waals surface area contributed by atoms with E-state index in [1.807, 2.05) is 30.3 Å². The number of likely N-dealkylation sites (tertiary alicyclic amines) is 1. The molecule has 2 amide bonds. The highest BCUT2D eigenvalue weighted by Crippen LogP contribution is 2.32. The first-order chi connectivity index (χ1) is 13.6. The molecule has 1 atom stereocenters. The molecule has 1 aromatic heterocycles. The van der Waals surface area contributed by atoms with Crippen LogP contribution in [0.15, 0.2) is 48.5 Å². The lowest BCUT2D eigenvalue weighted by molar-refractivity contribution is -0.132. The second-order valence-corrected chi connectivity index (χ2v) is 6.92. The van der Waals surface area contributed by atoms with Gasteiger partial charge in [-0.15, -0.1) is 0 Å². The standard InChI is InChI=1S/C21H21FN4O2/c22-15-6-3-5-14(13-15)18-9-4-12-26(18)19(27)10-11-23-21(28)20-16-7-1-2-8-17(16)24-25-20/h1-3,5-8,13,18H,4,9-12H2,(H,23,28)(H,24,25). The first kappa shape index (κ1) is 18.2. The fraction of sp³-hybridized carbons (Fsp3) is 0.286. The quantitative estimate of drug-likeness (QED) is 0.714. The molecule has 0 spiro atoms. The van der Waals surface area contributed by atoms with Crippen molar-refractivity contribution in [3.63, 3.8) is 0 Å². The second-order valence-electron chi connectivity index (χ2n) is 6.92. The van der Waals surface area contributed by atoms with Crippen molar-refractivity contribution in [3.05, 3.63) is 65.6 Å². The fourth-order valence-corrected chi connectivity index (χ4v) is 3.77. The molecule has 2 N–H and O–H groups in total. The molecule has 0 radical (unpaired) electrons. The molecule has 0 bridgehead atoms. The summed E-state index contributed by atoms with van der Waals surface area (Å²) in [6, 6.07) is 13.7. The molecule has 1 unspecified atom stereocenters. The summed E-state index contributed by atoms with van der Waals surface area (Å²) in [4.78, 5) is 26.8. The van der Waals surface area contributed by atoms with Crippen LogP contribution in [0.3, 0.4) is 0 Å². The molecule has 28 heavy (non-hydrogen) atoms. The van der Waals surface area contributed by atoms with Gasteiger partial charge in [-0.25, -0.2) is 4.39 Å². The first-order valence-corrected chi connectivity index (χ1v) is 9.40. The largest absolute Gasteiger partial charge is 0.350 e. The number of fused-ring (bicyclic) bond motifs is 1. The Balaban J connectivity index is 1.35. The van der Waals surface area contributed by atoms with Gasteiger partial charge in [0.05, 0.1) is 11.6 Å². The molecule has 2 aromatic carbocycles. The number of rotatable bonds is 5. The monoisotopic (exact) mass is 380 g/mol. The van der Waals surface area contributed by atoms with E-state index in [0.29, 0.717) is 12.2 Å². The van der Waals surface area contributed by atoms with Gasteiger partial charge in [0.25, 0.3) is 5.91 Å². The highest BCUT2D eigenvalue weighted by molar-refractivity contribution is 6.04. The average Bonchev–Trinajstić information content (AvgIpc) is 3.35. The van der Waals surface area contributed by atoms with E-state index in [2.05, 4.69) is 15.5 Å². The predicted molar refractivity (Wildman–Crippen MR) is 103 cm³/mol. The molecule has 1 aliphatic rings. The molecule has 4 rings (SSSR count). The van der Waals surface area contributed by atoms with Gasteiger partial charge in [-0.05, 0) is 36.6 Å². The van der Waals surface area contributed by atoms with Crippen molar-refractivity contribution < 1.29 is 14.0 Å². The molecule has 1 saturated heterocycles. The van der Waals surface area contributed by atoms with Gasteiger partial charge in [0.2, 0.25) is 5.91 Å². The summed E-state index contributed by atoms with van der Waals surface area (Å²) in [5.41, 5.74) is 1.93. The minimum atomic E-state index is -0.312. The van der Waals surface area contributed by atoms with E-state index in [1.165, 1.54) is 12.1 Å². The molecular weight excluding hydrogens is 359 g/mol. The molecular formula is C21H21FN4O2. The lowest BCUT2D eigenvalue weighted by atomic mass is 10.0. The van der Waals surface area contributed by atoms with Gasteiger partial charge in [-0.1, -0.05) is 30.3 Å². The number of hydrogen-bond acceptors (Lipinski definition) is 3. The Labute approximate surface area is 161 Å². The Morgan fingerprint density at radius 1 is 1.21 bits per heavy atom. The highest BCUT2D eigenvalue weighted by Gasteiger charge is 2.29.